The first-order valence-corrected chi connectivity index (χ1v) is 4.46. The summed E-state index contributed by atoms with van der Waals surface area (Å²) in [6, 6.07) is 3.88. The van der Waals surface area contributed by atoms with Gasteiger partial charge in [0.25, 0.3) is 0 Å². The van der Waals surface area contributed by atoms with Crippen molar-refractivity contribution < 1.29 is 22.7 Å². The lowest BCUT2D eigenvalue weighted by Crippen LogP contribution is -2.20. The maximum atomic E-state index is 11.8. The molecular weight excluding hydrogens is 247 g/mol. The van der Waals surface area contributed by atoms with Gasteiger partial charge >= 0.3 is 12.1 Å². The van der Waals surface area contributed by atoms with Crippen molar-refractivity contribution in [3.05, 3.63) is 28.8 Å². The van der Waals surface area contributed by atoms with Crippen LogP contribution in [0.2, 0.25) is 5.02 Å². The third-order valence-corrected chi connectivity index (χ3v) is 1.91. The van der Waals surface area contributed by atoms with E-state index in [1.54, 1.807) is 0 Å². The predicted molar refractivity (Wildman–Crippen MR) is 52.2 cm³/mol. The van der Waals surface area contributed by atoms with Crippen molar-refractivity contribution in [3.63, 3.8) is 0 Å². The summed E-state index contributed by atoms with van der Waals surface area (Å²) < 4.78 is 39.4. The standard InChI is InChI=1S/C9H7ClF3NO2/c10-7-2-1-5(14)3-6(7)8(15)16-4-9(11,12)13/h1-3H,4,14H2. The van der Waals surface area contributed by atoms with Crippen molar-refractivity contribution >= 4 is 23.3 Å². The maximum Gasteiger partial charge on any atom is 0.422 e. The average molecular weight is 254 g/mol. The maximum absolute atomic E-state index is 11.8. The number of anilines is 1. The van der Waals surface area contributed by atoms with E-state index in [2.05, 4.69) is 4.74 Å². The lowest BCUT2D eigenvalue weighted by atomic mass is 10.2. The van der Waals surface area contributed by atoms with Crippen molar-refractivity contribution in [2.75, 3.05) is 12.3 Å². The first-order chi connectivity index (χ1) is 7.29. The Morgan fingerprint density at radius 3 is 2.62 bits per heavy atom. The molecule has 0 spiro atoms. The fourth-order valence-corrected chi connectivity index (χ4v) is 1.12. The third kappa shape index (κ3) is 3.62. The molecule has 0 amide bonds. The summed E-state index contributed by atoms with van der Waals surface area (Å²) in [7, 11) is 0. The van der Waals surface area contributed by atoms with Crippen LogP contribution in [0.15, 0.2) is 18.2 Å². The van der Waals surface area contributed by atoms with Crippen LogP contribution in [0.25, 0.3) is 0 Å². The van der Waals surface area contributed by atoms with Gasteiger partial charge in [-0.15, -0.1) is 0 Å². The number of alkyl halides is 3. The fraction of sp³-hybridized carbons (Fsp3) is 0.222. The van der Waals surface area contributed by atoms with E-state index in [9.17, 15) is 18.0 Å². The number of carbonyl (C=O) groups excluding carboxylic acids is 1. The van der Waals surface area contributed by atoms with Gasteiger partial charge in [0.05, 0.1) is 10.6 Å². The Hall–Kier alpha value is -1.43. The quantitative estimate of drug-likeness (QED) is 0.651. The highest BCUT2D eigenvalue weighted by atomic mass is 35.5. The Morgan fingerprint density at radius 1 is 1.44 bits per heavy atom. The number of esters is 1. The van der Waals surface area contributed by atoms with Crippen LogP contribution in [0, 0.1) is 0 Å². The molecule has 2 N–H and O–H groups in total. The number of hydrogen-bond donors (Lipinski definition) is 1. The molecule has 0 aliphatic heterocycles. The van der Waals surface area contributed by atoms with Crippen LogP contribution < -0.4 is 5.73 Å². The largest absolute Gasteiger partial charge is 0.452 e. The second-order valence-corrected chi connectivity index (χ2v) is 3.34. The molecule has 16 heavy (non-hydrogen) atoms. The summed E-state index contributed by atoms with van der Waals surface area (Å²) in [5, 5.41) is -0.0126. The van der Waals surface area contributed by atoms with Gasteiger partial charge in [-0.2, -0.15) is 13.2 Å². The summed E-state index contributed by atoms with van der Waals surface area (Å²) in [4.78, 5) is 11.2. The molecule has 0 saturated carbocycles. The molecule has 1 rings (SSSR count). The normalized spacial score (nSPS) is 11.2. The minimum absolute atomic E-state index is 0.0126. The predicted octanol–water partition coefficient (Wildman–Crippen LogP) is 2.64. The number of halogens is 4. The number of ether oxygens (including phenoxy) is 1. The highest BCUT2D eigenvalue weighted by molar-refractivity contribution is 6.33. The monoisotopic (exact) mass is 253 g/mol. The molecule has 0 bridgehead atoms. The zero-order chi connectivity index (χ0) is 12.3. The van der Waals surface area contributed by atoms with E-state index >= 15 is 0 Å². The molecule has 0 fully saturated rings. The van der Waals surface area contributed by atoms with Gasteiger partial charge in [0.2, 0.25) is 0 Å². The van der Waals surface area contributed by atoms with E-state index in [4.69, 9.17) is 17.3 Å². The Labute approximate surface area is 93.9 Å². The smallest absolute Gasteiger partial charge is 0.422 e. The van der Waals surface area contributed by atoms with E-state index < -0.39 is 18.8 Å². The number of nitrogens with two attached hydrogens (primary N) is 1. The van der Waals surface area contributed by atoms with Gasteiger partial charge in [-0.05, 0) is 18.2 Å². The van der Waals surface area contributed by atoms with Crippen LogP contribution in [0.1, 0.15) is 10.4 Å². The van der Waals surface area contributed by atoms with E-state index in [1.165, 1.54) is 12.1 Å². The van der Waals surface area contributed by atoms with E-state index in [1.807, 2.05) is 0 Å². The van der Waals surface area contributed by atoms with Crippen LogP contribution in [-0.2, 0) is 4.74 Å². The van der Waals surface area contributed by atoms with Crippen LogP contribution in [0.3, 0.4) is 0 Å². The van der Waals surface area contributed by atoms with Gasteiger partial charge in [-0.1, -0.05) is 11.6 Å². The summed E-state index contributed by atoms with van der Waals surface area (Å²) in [6.45, 7) is -1.66. The van der Waals surface area contributed by atoms with Gasteiger partial charge in [0, 0.05) is 5.69 Å². The summed E-state index contributed by atoms with van der Waals surface area (Å²) >= 11 is 5.60. The molecule has 88 valence electrons. The number of rotatable bonds is 2. The molecule has 0 saturated heterocycles. The van der Waals surface area contributed by atoms with Crippen molar-refractivity contribution in [1.29, 1.82) is 0 Å². The molecule has 1 aromatic rings. The lowest BCUT2D eigenvalue weighted by Gasteiger charge is -2.08. The van der Waals surface area contributed by atoms with Gasteiger partial charge in [0.1, 0.15) is 0 Å². The first-order valence-electron chi connectivity index (χ1n) is 4.08. The summed E-state index contributed by atoms with van der Waals surface area (Å²) in [5.74, 6) is -1.16. The highest BCUT2D eigenvalue weighted by Gasteiger charge is 2.30. The molecular formula is C9H7ClF3NO2. The molecule has 0 atom stereocenters. The van der Waals surface area contributed by atoms with Gasteiger partial charge in [-0.3, -0.25) is 0 Å². The number of carbonyl (C=O) groups is 1. The Morgan fingerprint density at radius 2 is 2.06 bits per heavy atom. The first kappa shape index (κ1) is 12.6. The second kappa shape index (κ2) is 4.61. The van der Waals surface area contributed by atoms with Crippen LogP contribution >= 0.6 is 11.6 Å². The van der Waals surface area contributed by atoms with E-state index in [0.717, 1.165) is 6.07 Å². The molecule has 0 radical (unpaired) electrons. The molecule has 0 heterocycles. The summed E-state index contributed by atoms with van der Waals surface area (Å²) in [6.07, 6.45) is -4.57. The molecule has 1 aromatic carbocycles. The number of nitrogen functional groups attached to an aromatic ring is 1. The van der Waals surface area contributed by atoms with Crippen molar-refractivity contribution in [2.45, 2.75) is 6.18 Å². The van der Waals surface area contributed by atoms with Crippen molar-refractivity contribution in [3.8, 4) is 0 Å². The molecule has 0 aliphatic carbocycles. The number of benzene rings is 1. The topological polar surface area (TPSA) is 52.3 Å². The average Bonchev–Trinajstić information content (AvgIpc) is 2.17. The van der Waals surface area contributed by atoms with E-state index in [0.29, 0.717) is 0 Å². The number of hydrogen-bond acceptors (Lipinski definition) is 3. The van der Waals surface area contributed by atoms with E-state index in [-0.39, 0.29) is 16.3 Å². The lowest BCUT2D eigenvalue weighted by molar-refractivity contribution is -0.161. The Kier molecular flexibility index (Phi) is 3.64. The third-order valence-electron chi connectivity index (χ3n) is 1.58. The van der Waals surface area contributed by atoms with Crippen molar-refractivity contribution in [1.82, 2.24) is 0 Å². The van der Waals surface area contributed by atoms with Crippen LogP contribution in [0.5, 0.6) is 0 Å². The Bertz CT molecular complexity index is 406. The zero-order valence-corrected chi connectivity index (χ0v) is 8.60. The fourth-order valence-electron chi connectivity index (χ4n) is 0.924. The minimum atomic E-state index is -4.57. The summed E-state index contributed by atoms with van der Waals surface area (Å²) in [5.41, 5.74) is 5.38. The van der Waals surface area contributed by atoms with Crippen LogP contribution in [-0.4, -0.2) is 18.8 Å². The minimum Gasteiger partial charge on any atom is -0.452 e. The van der Waals surface area contributed by atoms with Crippen LogP contribution in [0.4, 0.5) is 18.9 Å². The molecule has 7 heteroatoms. The molecule has 0 aromatic heterocycles. The SMILES string of the molecule is Nc1ccc(Cl)c(C(=O)OCC(F)(F)F)c1. The molecule has 0 aliphatic rings. The van der Waals surface area contributed by atoms with Gasteiger partial charge < -0.3 is 10.5 Å². The molecule has 0 unspecified atom stereocenters. The molecule has 3 nitrogen and oxygen atoms in total. The van der Waals surface area contributed by atoms with Crippen molar-refractivity contribution in [2.24, 2.45) is 0 Å². The second-order valence-electron chi connectivity index (χ2n) is 2.93. The van der Waals surface area contributed by atoms with Gasteiger partial charge in [-0.25, -0.2) is 4.79 Å². The Balaban J connectivity index is 2.77. The zero-order valence-electron chi connectivity index (χ0n) is 7.84. The van der Waals surface area contributed by atoms with Gasteiger partial charge in [0.15, 0.2) is 6.61 Å². The highest BCUT2D eigenvalue weighted by Crippen LogP contribution is 2.21.